The molecule has 15 heavy (non-hydrogen) atoms. The summed E-state index contributed by atoms with van der Waals surface area (Å²) in [5.74, 6) is 3.91. The Labute approximate surface area is 94.3 Å². The van der Waals surface area contributed by atoms with Gasteiger partial charge in [0.25, 0.3) is 0 Å². The van der Waals surface area contributed by atoms with E-state index < -0.39 is 0 Å². The summed E-state index contributed by atoms with van der Waals surface area (Å²) in [4.78, 5) is 16.7. The smallest absolute Gasteiger partial charge is 0.346 e. The van der Waals surface area contributed by atoms with Crippen LogP contribution in [-0.4, -0.2) is 41.4 Å². The van der Waals surface area contributed by atoms with E-state index in [4.69, 9.17) is 12.2 Å². The molecule has 1 atom stereocenters. The molecule has 0 aromatic rings. The molecular formula is C10H15N3OS. The Morgan fingerprint density at radius 1 is 1.73 bits per heavy atom. The lowest BCUT2D eigenvalue weighted by atomic mass is 10.1. The lowest BCUT2D eigenvalue weighted by Crippen LogP contribution is -2.40. The Hall–Kier alpha value is -1.15. The standard InChI is InChI=1S/C10H15N3OS/c1-3-6-13-8(5-4-7-15-2)9(11)12-10(13)14/h1,8H,4-7H2,2H3,(H2,11,12,14). The number of hydrogen-bond acceptors (Lipinski definition) is 3. The van der Waals surface area contributed by atoms with Crippen molar-refractivity contribution >= 4 is 23.6 Å². The minimum atomic E-state index is -0.306. The molecule has 0 aromatic heterocycles. The number of terminal acetylenes is 1. The molecule has 1 rings (SSSR count). The zero-order valence-electron chi connectivity index (χ0n) is 8.77. The molecule has 2 N–H and O–H groups in total. The van der Waals surface area contributed by atoms with Gasteiger partial charge in [0.1, 0.15) is 5.84 Å². The van der Waals surface area contributed by atoms with E-state index in [1.165, 1.54) is 0 Å². The predicted octanol–water partition coefficient (Wildman–Crippen LogP) is 0.924. The van der Waals surface area contributed by atoms with Crippen molar-refractivity contribution in [1.82, 2.24) is 4.90 Å². The maximum absolute atomic E-state index is 11.4. The largest absolute Gasteiger partial charge is 0.385 e. The van der Waals surface area contributed by atoms with Gasteiger partial charge in [-0.3, -0.25) is 0 Å². The third-order valence-electron chi connectivity index (χ3n) is 2.28. The van der Waals surface area contributed by atoms with Gasteiger partial charge in [-0.15, -0.1) is 6.42 Å². The molecule has 1 aliphatic rings. The van der Waals surface area contributed by atoms with Crippen LogP contribution in [0.1, 0.15) is 12.8 Å². The van der Waals surface area contributed by atoms with Gasteiger partial charge < -0.3 is 10.6 Å². The molecule has 1 unspecified atom stereocenters. The highest BCUT2D eigenvalue weighted by Crippen LogP contribution is 2.16. The number of amides is 2. The summed E-state index contributed by atoms with van der Waals surface area (Å²) in [6.07, 6.45) is 9.09. The van der Waals surface area contributed by atoms with Crippen molar-refractivity contribution in [3.63, 3.8) is 0 Å². The molecule has 4 nitrogen and oxygen atoms in total. The molecule has 2 amide bonds. The number of hydrogen-bond donors (Lipinski definition) is 1. The Bertz CT molecular complexity index is 308. The highest BCUT2D eigenvalue weighted by Gasteiger charge is 2.31. The average molecular weight is 225 g/mol. The fourth-order valence-corrected chi connectivity index (χ4v) is 2.00. The van der Waals surface area contributed by atoms with Gasteiger partial charge in [-0.25, -0.2) is 4.79 Å². The van der Waals surface area contributed by atoms with Crippen molar-refractivity contribution in [2.24, 2.45) is 10.7 Å². The third kappa shape index (κ3) is 2.90. The summed E-state index contributed by atoms with van der Waals surface area (Å²) in [5.41, 5.74) is 5.68. The van der Waals surface area contributed by atoms with Crippen LogP contribution in [0.5, 0.6) is 0 Å². The average Bonchev–Trinajstić information content (AvgIpc) is 2.45. The van der Waals surface area contributed by atoms with Crippen LogP contribution in [-0.2, 0) is 0 Å². The fraction of sp³-hybridized carbons (Fsp3) is 0.600. The molecule has 82 valence electrons. The van der Waals surface area contributed by atoms with Gasteiger partial charge in [-0.05, 0) is 24.9 Å². The lowest BCUT2D eigenvalue weighted by Gasteiger charge is -2.21. The van der Waals surface area contributed by atoms with Crippen molar-refractivity contribution in [3.8, 4) is 12.3 Å². The number of amidine groups is 1. The zero-order valence-corrected chi connectivity index (χ0v) is 9.59. The molecule has 0 fully saturated rings. The highest BCUT2D eigenvalue weighted by atomic mass is 32.2. The van der Waals surface area contributed by atoms with Crippen LogP contribution >= 0.6 is 11.8 Å². The van der Waals surface area contributed by atoms with E-state index in [1.807, 2.05) is 0 Å². The summed E-state index contributed by atoms with van der Waals surface area (Å²) < 4.78 is 0. The van der Waals surface area contributed by atoms with Crippen LogP contribution < -0.4 is 5.73 Å². The second-order valence-electron chi connectivity index (χ2n) is 3.30. The molecule has 0 radical (unpaired) electrons. The van der Waals surface area contributed by atoms with E-state index in [0.29, 0.717) is 5.84 Å². The Morgan fingerprint density at radius 2 is 2.47 bits per heavy atom. The van der Waals surface area contributed by atoms with Crippen LogP contribution in [0.25, 0.3) is 0 Å². The number of carbonyl (C=O) groups is 1. The van der Waals surface area contributed by atoms with Crippen molar-refractivity contribution in [2.75, 3.05) is 18.6 Å². The van der Waals surface area contributed by atoms with E-state index in [2.05, 4.69) is 17.2 Å². The Balaban J connectivity index is 2.55. The zero-order chi connectivity index (χ0) is 11.3. The lowest BCUT2D eigenvalue weighted by molar-refractivity contribution is 0.211. The first-order chi connectivity index (χ1) is 7.20. The first kappa shape index (κ1) is 11.9. The van der Waals surface area contributed by atoms with E-state index in [0.717, 1.165) is 18.6 Å². The van der Waals surface area contributed by atoms with Crippen molar-refractivity contribution in [2.45, 2.75) is 18.9 Å². The Kier molecular flexibility index (Phi) is 4.50. The second kappa shape index (κ2) is 5.66. The summed E-state index contributed by atoms with van der Waals surface area (Å²) in [6.45, 7) is 0.285. The number of urea groups is 1. The molecule has 1 aliphatic heterocycles. The monoisotopic (exact) mass is 225 g/mol. The molecular weight excluding hydrogens is 210 g/mol. The van der Waals surface area contributed by atoms with Gasteiger partial charge in [0, 0.05) is 0 Å². The van der Waals surface area contributed by atoms with Gasteiger partial charge >= 0.3 is 6.03 Å². The van der Waals surface area contributed by atoms with E-state index in [-0.39, 0.29) is 18.6 Å². The van der Waals surface area contributed by atoms with Crippen LogP contribution in [0.4, 0.5) is 4.79 Å². The van der Waals surface area contributed by atoms with Crippen LogP contribution in [0.3, 0.4) is 0 Å². The number of nitrogens with zero attached hydrogens (tertiary/aromatic N) is 2. The first-order valence-corrected chi connectivity index (χ1v) is 6.17. The van der Waals surface area contributed by atoms with Crippen LogP contribution in [0, 0.1) is 12.3 Å². The number of aliphatic imine (C=N–C) groups is 1. The number of thioether (sulfide) groups is 1. The molecule has 0 bridgehead atoms. The predicted molar refractivity (Wildman–Crippen MR) is 64.0 cm³/mol. The number of rotatable bonds is 5. The van der Waals surface area contributed by atoms with Gasteiger partial charge in [0.15, 0.2) is 0 Å². The molecule has 1 heterocycles. The van der Waals surface area contributed by atoms with Crippen molar-refractivity contribution in [3.05, 3.63) is 0 Å². The minimum absolute atomic E-state index is 0.0966. The van der Waals surface area contributed by atoms with Crippen molar-refractivity contribution < 1.29 is 4.79 Å². The molecule has 5 heteroatoms. The normalized spacial score (nSPS) is 20.3. The van der Waals surface area contributed by atoms with Gasteiger partial charge in [0.2, 0.25) is 0 Å². The molecule has 0 saturated heterocycles. The van der Waals surface area contributed by atoms with E-state index >= 15 is 0 Å². The highest BCUT2D eigenvalue weighted by molar-refractivity contribution is 7.98. The SMILES string of the molecule is C#CCN1C(=O)N=C(N)C1CCCSC. The van der Waals surface area contributed by atoms with Gasteiger partial charge in [0.05, 0.1) is 12.6 Å². The molecule has 0 saturated carbocycles. The third-order valence-corrected chi connectivity index (χ3v) is 2.97. The quantitative estimate of drug-likeness (QED) is 0.559. The van der Waals surface area contributed by atoms with Crippen molar-refractivity contribution in [1.29, 1.82) is 0 Å². The maximum Gasteiger partial charge on any atom is 0.346 e. The summed E-state index contributed by atoms with van der Waals surface area (Å²) >= 11 is 1.78. The summed E-state index contributed by atoms with van der Waals surface area (Å²) in [7, 11) is 0. The van der Waals surface area contributed by atoms with Crippen LogP contribution in [0.15, 0.2) is 4.99 Å². The van der Waals surface area contributed by atoms with E-state index in [1.54, 1.807) is 16.7 Å². The van der Waals surface area contributed by atoms with E-state index in [9.17, 15) is 4.79 Å². The fourth-order valence-electron chi connectivity index (χ4n) is 1.54. The first-order valence-electron chi connectivity index (χ1n) is 4.77. The van der Waals surface area contributed by atoms with Crippen LogP contribution in [0.2, 0.25) is 0 Å². The summed E-state index contributed by atoms with van der Waals surface area (Å²) in [6, 6.07) is -0.402. The topological polar surface area (TPSA) is 58.7 Å². The maximum atomic E-state index is 11.4. The summed E-state index contributed by atoms with van der Waals surface area (Å²) in [5, 5.41) is 0. The molecule has 0 spiro atoms. The second-order valence-corrected chi connectivity index (χ2v) is 4.29. The Morgan fingerprint density at radius 3 is 3.07 bits per heavy atom. The van der Waals surface area contributed by atoms with Gasteiger partial charge in [-0.1, -0.05) is 5.92 Å². The minimum Gasteiger partial charge on any atom is -0.385 e. The molecule has 0 aliphatic carbocycles. The van der Waals surface area contributed by atoms with Gasteiger partial charge in [-0.2, -0.15) is 16.8 Å². The number of carbonyl (C=O) groups excluding carboxylic acids is 1. The molecule has 0 aromatic carbocycles. The number of nitrogens with two attached hydrogens (primary N) is 1.